The van der Waals surface area contributed by atoms with Crippen LogP contribution in [0.15, 0.2) is 24.3 Å². The summed E-state index contributed by atoms with van der Waals surface area (Å²) in [5, 5.41) is 0. The van der Waals surface area contributed by atoms with Crippen LogP contribution < -0.4 is 4.72 Å². The number of hydrogen-bond acceptors (Lipinski definition) is 2. The minimum atomic E-state index is -1.02. The molecule has 1 N–H and O–H groups in total. The van der Waals surface area contributed by atoms with Gasteiger partial charge in [0, 0.05) is 11.4 Å². The van der Waals surface area contributed by atoms with Crippen molar-refractivity contribution in [2.75, 3.05) is 0 Å². The average Bonchev–Trinajstić information content (AvgIpc) is 2.25. The molecule has 0 fully saturated rings. The van der Waals surface area contributed by atoms with E-state index in [0.29, 0.717) is 0 Å². The molecule has 0 aliphatic carbocycles. The molecule has 0 spiro atoms. The Morgan fingerprint density at radius 1 is 1.24 bits per heavy atom. The lowest BCUT2D eigenvalue weighted by atomic mass is 10.0. The molecular formula is C14H23NOS. The second-order valence-electron chi connectivity index (χ2n) is 5.37. The van der Waals surface area contributed by atoms with Crippen LogP contribution >= 0.6 is 0 Å². The zero-order valence-electron chi connectivity index (χ0n) is 11.4. The van der Waals surface area contributed by atoms with Crippen molar-refractivity contribution in [3.8, 4) is 0 Å². The van der Waals surface area contributed by atoms with Crippen LogP contribution in [0.3, 0.4) is 0 Å². The molecule has 0 radical (unpaired) electrons. The first-order valence-corrected chi connectivity index (χ1v) is 7.24. The summed E-state index contributed by atoms with van der Waals surface area (Å²) in [5.41, 5.74) is 2.45. The fourth-order valence-corrected chi connectivity index (χ4v) is 2.41. The normalized spacial score (nSPS) is 15.6. The molecule has 0 heterocycles. The largest absolute Gasteiger partial charge is 0.598 e. The first-order chi connectivity index (χ1) is 7.84. The maximum absolute atomic E-state index is 12.1. The van der Waals surface area contributed by atoms with Gasteiger partial charge in [0.15, 0.2) is 0 Å². The van der Waals surface area contributed by atoms with Gasteiger partial charge >= 0.3 is 0 Å². The quantitative estimate of drug-likeness (QED) is 0.834. The highest BCUT2D eigenvalue weighted by Crippen LogP contribution is 2.22. The van der Waals surface area contributed by atoms with Crippen molar-refractivity contribution in [1.82, 2.24) is 4.72 Å². The standard InChI is InChI=1S/C14H23NOS/c1-6-13(15-17(16)14(3,4)5)12-9-7-11(2)8-10-12/h7-10,13,15H,6H2,1-5H3. The van der Waals surface area contributed by atoms with Gasteiger partial charge in [-0.05, 0) is 39.7 Å². The van der Waals surface area contributed by atoms with Gasteiger partial charge in [0.25, 0.3) is 0 Å². The van der Waals surface area contributed by atoms with E-state index in [-0.39, 0.29) is 10.8 Å². The molecule has 2 unspecified atom stereocenters. The van der Waals surface area contributed by atoms with Gasteiger partial charge in [0.1, 0.15) is 4.75 Å². The highest BCUT2D eigenvalue weighted by atomic mass is 32.2. The van der Waals surface area contributed by atoms with E-state index in [1.165, 1.54) is 11.1 Å². The Labute approximate surface area is 108 Å². The van der Waals surface area contributed by atoms with Crippen LogP contribution in [0.5, 0.6) is 0 Å². The number of hydrogen-bond donors (Lipinski definition) is 1. The van der Waals surface area contributed by atoms with E-state index in [9.17, 15) is 4.55 Å². The number of nitrogens with one attached hydrogen (secondary N) is 1. The molecule has 1 aromatic carbocycles. The van der Waals surface area contributed by atoms with Crippen molar-refractivity contribution in [2.24, 2.45) is 0 Å². The van der Waals surface area contributed by atoms with E-state index < -0.39 is 11.4 Å². The minimum Gasteiger partial charge on any atom is -0.598 e. The molecule has 1 aromatic rings. The Morgan fingerprint density at radius 3 is 2.18 bits per heavy atom. The Balaban J connectivity index is 2.75. The van der Waals surface area contributed by atoms with Crippen LogP contribution in [0.4, 0.5) is 0 Å². The van der Waals surface area contributed by atoms with E-state index in [2.05, 4.69) is 42.8 Å². The average molecular weight is 253 g/mol. The first-order valence-electron chi connectivity index (χ1n) is 6.09. The molecule has 0 saturated heterocycles. The summed E-state index contributed by atoms with van der Waals surface area (Å²) < 4.78 is 15.1. The van der Waals surface area contributed by atoms with Gasteiger partial charge in [0.05, 0.1) is 6.04 Å². The molecule has 0 aromatic heterocycles. The molecule has 2 nitrogen and oxygen atoms in total. The lowest BCUT2D eigenvalue weighted by Crippen LogP contribution is -2.41. The second-order valence-corrected chi connectivity index (χ2v) is 7.37. The summed E-state index contributed by atoms with van der Waals surface area (Å²) in [6.45, 7) is 10.1. The maximum atomic E-state index is 12.1. The van der Waals surface area contributed by atoms with E-state index >= 15 is 0 Å². The van der Waals surface area contributed by atoms with Crippen molar-refractivity contribution in [3.05, 3.63) is 35.4 Å². The van der Waals surface area contributed by atoms with Crippen LogP contribution in [-0.4, -0.2) is 9.30 Å². The maximum Gasteiger partial charge on any atom is 0.136 e. The summed E-state index contributed by atoms with van der Waals surface area (Å²) in [6.07, 6.45) is 0.935. The van der Waals surface area contributed by atoms with Crippen molar-refractivity contribution in [3.63, 3.8) is 0 Å². The van der Waals surface area contributed by atoms with Gasteiger partial charge < -0.3 is 4.55 Å². The van der Waals surface area contributed by atoms with E-state index in [1.54, 1.807) is 0 Å². The van der Waals surface area contributed by atoms with E-state index in [4.69, 9.17) is 0 Å². The first kappa shape index (κ1) is 14.6. The topological polar surface area (TPSA) is 35.1 Å². The Kier molecular flexibility index (Phi) is 5.04. The van der Waals surface area contributed by atoms with Crippen LogP contribution in [0.1, 0.15) is 51.3 Å². The predicted octanol–water partition coefficient (Wildman–Crippen LogP) is 3.50. The third-order valence-corrected chi connectivity index (χ3v) is 4.30. The van der Waals surface area contributed by atoms with Gasteiger partial charge in [-0.3, -0.25) is 0 Å². The summed E-state index contributed by atoms with van der Waals surface area (Å²) in [6, 6.07) is 8.57. The fourth-order valence-electron chi connectivity index (χ4n) is 1.49. The molecule has 0 saturated carbocycles. The van der Waals surface area contributed by atoms with Crippen molar-refractivity contribution < 1.29 is 4.55 Å². The molecule has 0 amide bonds. The monoisotopic (exact) mass is 253 g/mol. The molecule has 1 rings (SSSR count). The Hall–Kier alpha value is -0.510. The lowest BCUT2D eigenvalue weighted by Gasteiger charge is -2.27. The van der Waals surface area contributed by atoms with Crippen LogP contribution in [-0.2, 0) is 11.4 Å². The molecule has 0 aliphatic rings. The summed E-state index contributed by atoms with van der Waals surface area (Å²) in [7, 11) is 0. The highest BCUT2D eigenvalue weighted by molar-refractivity contribution is 7.90. The third-order valence-electron chi connectivity index (χ3n) is 2.69. The summed E-state index contributed by atoms with van der Waals surface area (Å²) in [4.78, 5) is 0. The van der Waals surface area contributed by atoms with E-state index in [0.717, 1.165) is 6.42 Å². The Bertz CT molecular complexity index is 342. The molecule has 0 aliphatic heterocycles. The smallest absolute Gasteiger partial charge is 0.136 e. The van der Waals surface area contributed by atoms with Gasteiger partial charge in [-0.15, -0.1) is 4.72 Å². The van der Waals surface area contributed by atoms with Crippen LogP contribution in [0.2, 0.25) is 0 Å². The summed E-state index contributed by atoms with van der Waals surface area (Å²) in [5.74, 6) is 0. The molecule has 2 atom stereocenters. The van der Waals surface area contributed by atoms with Gasteiger partial charge in [-0.25, -0.2) is 0 Å². The second kappa shape index (κ2) is 5.89. The molecule has 17 heavy (non-hydrogen) atoms. The number of benzene rings is 1. The third kappa shape index (κ3) is 4.34. The van der Waals surface area contributed by atoms with Gasteiger partial charge in [0.2, 0.25) is 0 Å². The highest BCUT2D eigenvalue weighted by Gasteiger charge is 2.29. The zero-order chi connectivity index (χ0) is 13.1. The number of rotatable bonds is 4. The Morgan fingerprint density at radius 2 is 1.76 bits per heavy atom. The SMILES string of the molecule is CCC(N[S+]([O-])C(C)(C)C)c1ccc(C)cc1. The minimum absolute atomic E-state index is 0.163. The molecule has 0 bridgehead atoms. The van der Waals surface area contributed by atoms with E-state index in [1.807, 2.05) is 20.8 Å². The van der Waals surface area contributed by atoms with Crippen molar-refractivity contribution >= 4 is 11.4 Å². The van der Waals surface area contributed by atoms with Crippen LogP contribution in [0.25, 0.3) is 0 Å². The molecule has 96 valence electrons. The lowest BCUT2D eigenvalue weighted by molar-refractivity contribution is 0.519. The molecule has 3 heteroatoms. The predicted molar refractivity (Wildman–Crippen MR) is 75.2 cm³/mol. The van der Waals surface area contributed by atoms with Crippen LogP contribution in [0, 0.1) is 6.92 Å². The summed E-state index contributed by atoms with van der Waals surface area (Å²) >= 11 is -1.02. The number of aryl methyl sites for hydroxylation is 1. The van der Waals surface area contributed by atoms with Crippen molar-refractivity contribution in [1.29, 1.82) is 0 Å². The fraction of sp³-hybridized carbons (Fsp3) is 0.571. The molecular weight excluding hydrogens is 230 g/mol. The van der Waals surface area contributed by atoms with Gasteiger partial charge in [-0.1, -0.05) is 36.8 Å². The van der Waals surface area contributed by atoms with Crippen molar-refractivity contribution in [2.45, 2.75) is 51.8 Å². The zero-order valence-corrected chi connectivity index (χ0v) is 12.2. The van der Waals surface area contributed by atoms with Gasteiger partial charge in [-0.2, -0.15) is 0 Å².